The van der Waals surface area contributed by atoms with Gasteiger partial charge < -0.3 is 19.3 Å². The zero-order chi connectivity index (χ0) is 20.5. The molecule has 0 saturated heterocycles. The highest BCUT2D eigenvalue weighted by molar-refractivity contribution is 5.67. The van der Waals surface area contributed by atoms with Gasteiger partial charge in [-0.05, 0) is 48.6 Å². The number of aromatic nitrogens is 2. The summed E-state index contributed by atoms with van der Waals surface area (Å²) in [5.41, 5.74) is 3.23. The Morgan fingerprint density at radius 2 is 2.13 bits per heavy atom. The van der Waals surface area contributed by atoms with Gasteiger partial charge in [-0.15, -0.1) is 0 Å². The zero-order valence-electron chi connectivity index (χ0n) is 16.2. The molecule has 3 heterocycles. The second kappa shape index (κ2) is 7.59. The molecule has 1 unspecified atom stereocenters. The van der Waals surface area contributed by atoms with E-state index in [2.05, 4.69) is 11.1 Å². The third-order valence-electron chi connectivity index (χ3n) is 5.36. The summed E-state index contributed by atoms with van der Waals surface area (Å²) in [5, 5.41) is 9.80. The van der Waals surface area contributed by atoms with Crippen molar-refractivity contribution in [1.29, 1.82) is 0 Å². The Morgan fingerprint density at radius 3 is 2.93 bits per heavy atom. The second-order valence-electron chi connectivity index (χ2n) is 7.26. The number of phenolic OH excluding ortho intramolecular Hbond substituents is 1. The maximum atomic E-state index is 12.7. The molecule has 0 saturated carbocycles. The second-order valence-corrected chi connectivity index (χ2v) is 7.26. The number of nitrogens with zero attached hydrogens (tertiary/aromatic N) is 2. The molecule has 152 valence electrons. The SMILES string of the molecule is O=c1nc(OC(C2=CC=CCC2)C2=COC=CO2)cc2n1CCc1cc(O)ccc1-2. The summed E-state index contributed by atoms with van der Waals surface area (Å²) in [6.45, 7) is 0.504. The molecule has 7 heteroatoms. The Bertz CT molecular complexity index is 1170. The molecule has 2 aliphatic heterocycles. The maximum Gasteiger partial charge on any atom is 0.351 e. The van der Waals surface area contributed by atoms with Crippen LogP contribution in [0.2, 0.25) is 0 Å². The van der Waals surface area contributed by atoms with Crippen LogP contribution in [0.4, 0.5) is 0 Å². The minimum atomic E-state index is -0.558. The molecule has 0 bridgehead atoms. The Labute approximate surface area is 172 Å². The molecule has 1 aromatic heterocycles. The standard InChI is InChI=1S/C23H20N2O5/c26-17-6-7-18-16(12-17)8-9-25-19(18)13-21(24-23(25)27)30-22(15-4-2-1-3-5-15)20-14-28-10-11-29-20/h1-2,4,6-7,10-14,22,26H,3,5,8-9H2. The van der Waals surface area contributed by atoms with Crippen LogP contribution in [-0.4, -0.2) is 20.8 Å². The molecule has 0 radical (unpaired) electrons. The van der Waals surface area contributed by atoms with E-state index in [1.54, 1.807) is 22.8 Å². The van der Waals surface area contributed by atoms with Gasteiger partial charge in [-0.2, -0.15) is 4.98 Å². The van der Waals surface area contributed by atoms with E-state index in [0.717, 1.165) is 35.2 Å². The van der Waals surface area contributed by atoms with Gasteiger partial charge in [-0.3, -0.25) is 4.57 Å². The summed E-state index contributed by atoms with van der Waals surface area (Å²) in [6.07, 6.45) is 12.2. The van der Waals surface area contributed by atoms with E-state index in [4.69, 9.17) is 14.2 Å². The molecular formula is C23H20N2O5. The number of allylic oxidation sites excluding steroid dienone is 3. The van der Waals surface area contributed by atoms with Crippen molar-refractivity contribution in [3.8, 4) is 22.9 Å². The van der Waals surface area contributed by atoms with Crippen molar-refractivity contribution in [2.75, 3.05) is 0 Å². The number of rotatable bonds is 4. The van der Waals surface area contributed by atoms with Gasteiger partial charge in [0.15, 0.2) is 11.9 Å². The van der Waals surface area contributed by atoms with Crippen LogP contribution in [-0.2, 0) is 22.4 Å². The molecule has 1 atom stereocenters. The number of ether oxygens (including phenoxy) is 3. The Hall–Kier alpha value is -3.74. The van der Waals surface area contributed by atoms with Gasteiger partial charge in [-0.25, -0.2) is 4.79 Å². The fourth-order valence-corrected chi connectivity index (χ4v) is 3.93. The first kappa shape index (κ1) is 18.3. The van der Waals surface area contributed by atoms with Crippen LogP contribution in [0.25, 0.3) is 11.3 Å². The molecule has 7 nitrogen and oxygen atoms in total. The number of benzene rings is 1. The Morgan fingerprint density at radius 1 is 1.20 bits per heavy atom. The molecule has 0 amide bonds. The Kier molecular flexibility index (Phi) is 4.63. The summed E-state index contributed by atoms with van der Waals surface area (Å²) in [7, 11) is 0. The summed E-state index contributed by atoms with van der Waals surface area (Å²) < 4.78 is 18.7. The maximum absolute atomic E-state index is 12.7. The summed E-state index contributed by atoms with van der Waals surface area (Å²) in [4.78, 5) is 16.9. The third kappa shape index (κ3) is 3.39. The van der Waals surface area contributed by atoms with E-state index in [9.17, 15) is 9.90 Å². The van der Waals surface area contributed by atoms with Crippen LogP contribution in [0.15, 0.2) is 77.4 Å². The summed E-state index contributed by atoms with van der Waals surface area (Å²) >= 11 is 0. The largest absolute Gasteiger partial charge is 0.508 e. The number of aromatic hydroxyl groups is 1. The van der Waals surface area contributed by atoms with Crippen molar-refractivity contribution >= 4 is 0 Å². The monoisotopic (exact) mass is 404 g/mol. The van der Waals surface area contributed by atoms with Gasteiger partial charge in [-0.1, -0.05) is 18.2 Å². The van der Waals surface area contributed by atoms with E-state index in [1.165, 1.54) is 18.8 Å². The highest BCUT2D eigenvalue weighted by Crippen LogP contribution is 2.33. The molecule has 1 aliphatic carbocycles. The van der Waals surface area contributed by atoms with Crippen LogP contribution in [0, 0.1) is 0 Å². The predicted octanol–water partition coefficient (Wildman–Crippen LogP) is 3.56. The minimum absolute atomic E-state index is 0.210. The first-order valence-electron chi connectivity index (χ1n) is 9.82. The third-order valence-corrected chi connectivity index (χ3v) is 5.36. The fraction of sp³-hybridized carbons (Fsp3) is 0.217. The molecule has 1 aromatic carbocycles. The van der Waals surface area contributed by atoms with E-state index < -0.39 is 6.10 Å². The minimum Gasteiger partial charge on any atom is -0.508 e. The number of hydrogen-bond acceptors (Lipinski definition) is 6. The number of phenols is 1. The van der Waals surface area contributed by atoms with Gasteiger partial charge in [0, 0.05) is 18.2 Å². The normalized spacial score (nSPS) is 17.6. The topological polar surface area (TPSA) is 82.8 Å². The van der Waals surface area contributed by atoms with Gasteiger partial charge in [0.2, 0.25) is 5.88 Å². The van der Waals surface area contributed by atoms with Crippen molar-refractivity contribution in [1.82, 2.24) is 9.55 Å². The van der Waals surface area contributed by atoms with Crippen molar-refractivity contribution in [2.24, 2.45) is 0 Å². The molecule has 3 aliphatic rings. The molecule has 0 fully saturated rings. The molecule has 0 spiro atoms. The van der Waals surface area contributed by atoms with Crippen molar-refractivity contribution in [3.63, 3.8) is 0 Å². The van der Waals surface area contributed by atoms with Crippen molar-refractivity contribution < 1.29 is 19.3 Å². The smallest absolute Gasteiger partial charge is 0.351 e. The van der Waals surface area contributed by atoms with Gasteiger partial charge >= 0.3 is 5.69 Å². The first-order chi connectivity index (χ1) is 14.7. The van der Waals surface area contributed by atoms with Crippen LogP contribution < -0.4 is 10.4 Å². The van der Waals surface area contributed by atoms with Crippen LogP contribution in [0.1, 0.15) is 18.4 Å². The van der Waals surface area contributed by atoms with Crippen LogP contribution in [0.3, 0.4) is 0 Å². The zero-order valence-corrected chi connectivity index (χ0v) is 16.2. The summed E-state index contributed by atoms with van der Waals surface area (Å²) in [5.74, 6) is 0.914. The number of hydrogen-bond donors (Lipinski definition) is 1. The highest BCUT2D eigenvalue weighted by Gasteiger charge is 2.27. The number of fused-ring (bicyclic) bond motifs is 3. The first-order valence-corrected chi connectivity index (χ1v) is 9.82. The predicted molar refractivity (Wildman–Crippen MR) is 110 cm³/mol. The Balaban J connectivity index is 1.54. The lowest BCUT2D eigenvalue weighted by atomic mass is 9.97. The van der Waals surface area contributed by atoms with Crippen LogP contribution in [0.5, 0.6) is 11.6 Å². The van der Waals surface area contributed by atoms with E-state index in [1.807, 2.05) is 18.2 Å². The molecular weight excluding hydrogens is 384 g/mol. The lowest BCUT2D eigenvalue weighted by Gasteiger charge is -2.26. The lowest BCUT2D eigenvalue weighted by molar-refractivity contribution is 0.154. The van der Waals surface area contributed by atoms with Gasteiger partial charge in [0.25, 0.3) is 0 Å². The van der Waals surface area contributed by atoms with E-state index in [0.29, 0.717) is 18.7 Å². The molecule has 30 heavy (non-hydrogen) atoms. The average molecular weight is 404 g/mol. The van der Waals surface area contributed by atoms with E-state index >= 15 is 0 Å². The molecule has 5 rings (SSSR count). The lowest BCUT2D eigenvalue weighted by Crippen LogP contribution is -2.31. The van der Waals surface area contributed by atoms with Gasteiger partial charge in [0.1, 0.15) is 24.5 Å². The molecule has 1 N–H and O–H groups in total. The van der Waals surface area contributed by atoms with E-state index in [-0.39, 0.29) is 17.3 Å². The van der Waals surface area contributed by atoms with Crippen molar-refractivity contribution in [2.45, 2.75) is 31.9 Å². The van der Waals surface area contributed by atoms with Crippen LogP contribution >= 0.6 is 0 Å². The highest BCUT2D eigenvalue weighted by atomic mass is 16.6. The molecule has 2 aromatic rings. The quantitative estimate of drug-likeness (QED) is 0.839. The van der Waals surface area contributed by atoms with Crippen molar-refractivity contribution in [3.05, 3.63) is 88.7 Å². The van der Waals surface area contributed by atoms with Gasteiger partial charge in [0.05, 0.1) is 5.69 Å². The summed E-state index contributed by atoms with van der Waals surface area (Å²) in [6, 6.07) is 6.93. The number of aryl methyl sites for hydroxylation is 1. The fourth-order valence-electron chi connectivity index (χ4n) is 3.93. The average Bonchev–Trinajstić information content (AvgIpc) is 2.78.